The van der Waals surface area contributed by atoms with Gasteiger partial charge in [0.1, 0.15) is 40.7 Å². The highest BCUT2D eigenvalue weighted by molar-refractivity contribution is 6.33. The highest BCUT2D eigenvalue weighted by Crippen LogP contribution is 2.35. The molecule has 3 aromatic heterocycles. The SMILES string of the molecule is CC(C)n1c(C(C)(C)O)nc2c(F)cc(-c3nc(N[C@@H]4CCN(C(=O)CCOCCOCCOCCN5CCN(c6cc(N[C@@H]7CCCN(c8cccc(F)c8)C7)ncn6)CC5)C[C@H]4O)ncc3Cl)cc21. The molecule has 0 unspecified atom stereocenters. The van der Waals surface area contributed by atoms with E-state index in [9.17, 15) is 19.4 Å². The number of aliphatic hydroxyl groups excluding tert-OH is 1. The summed E-state index contributed by atoms with van der Waals surface area (Å²) >= 11 is 6.55. The Labute approximate surface area is 418 Å². The van der Waals surface area contributed by atoms with E-state index in [1.54, 1.807) is 47.8 Å². The monoisotopic (exact) mass is 1000 g/mol. The van der Waals surface area contributed by atoms with Crippen LogP contribution in [0.25, 0.3) is 22.3 Å². The van der Waals surface area contributed by atoms with Gasteiger partial charge in [0.25, 0.3) is 0 Å². The van der Waals surface area contributed by atoms with Gasteiger partial charge in [-0.2, -0.15) is 0 Å². The van der Waals surface area contributed by atoms with Gasteiger partial charge in [0.05, 0.1) is 80.6 Å². The van der Waals surface area contributed by atoms with Crippen molar-refractivity contribution in [2.75, 3.05) is 119 Å². The Morgan fingerprint density at radius 3 is 2.37 bits per heavy atom. The number of carbonyl (C=O) groups excluding carboxylic acids is 1. The van der Waals surface area contributed by atoms with Crippen LogP contribution in [0.15, 0.2) is 55.0 Å². The van der Waals surface area contributed by atoms with Crippen LogP contribution in [-0.4, -0.2) is 172 Å². The van der Waals surface area contributed by atoms with E-state index in [0.717, 1.165) is 76.0 Å². The first-order valence-electron chi connectivity index (χ1n) is 24.7. The third kappa shape index (κ3) is 13.6. The van der Waals surface area contributed by atoms with Crippen LogP contribution in [0.5, 0.6) is 0 Å². The van der Waals surface area contributed by atoms with Crippen molar-refractivity contribution in [1.82, 2.24) is 39.3 Å². The van der Waals surface area contributed by atoms with Gasteiger partial charge in [-0.1, -0.05) is 17.7 Å². The van der Waals surface area contributed by atoms with Crippen molar-refractivity contribution in [3.8, 4) is 11.3 Å². The lowest BCUT2D eigenvalue weighted by molar-refractivity contribution is -0.135. The fraction of sp³-hybridized carbons (Fsp3) is 0.560. The molecule has 0 bridgehead atoms. The molecular weight excluding hydrogens is 938 g/mol. The number of piperidine rings is 2. The molecule has 6 heterocycles. The zero-order chi connectivity index (χ0) is 50.1. The highest BCUT2D eigenvalue weighted by atomic mass is 35.5. The lowest BCUT2D eigenvalue weighted by Gasteiger charge is -2.36. The molecule has 21 heteroatoms. The van der Waals surface area contributed by atoms with Gasteiger partial charge in [0.15, 0.2) is 5.82 Å². The summed E-state index contributed by atoms with van der Waals surface area (Å²) in [5.41, 5.74) is 0.939. The number of anilines is 4. The summed E-state index contributed by atoms with van der Waals surface area (Å²) < 4.78 is 48.3. The van der Waals surface area contributed by atoms with E-state index in [-0.39, 0.29) is 59.9 Å². The van der Waals surface area contributed by atoms with Gasteiger partial charge in [-0.15, -0.1) is 0 Å². The number of halogens is 3. The molecule has 3 fully saturated rings. The molecule has 71 heavy (non-hydrogen) atoms. The minimum absolute atomic E-state index is 0.114. The van der Waals surface area contributed by atoms with E-state index in [1.165, 1.54) is 18.3 Å². The van der Waals surface area contributed by atoms with Gasteiger partial charge in [-0.3, -0.25) is 9.69 Å². The Bertz CT molecular complexity index is 2560. The average Bonchev–Trinajstić information content (AvgIpc) is 3.77. The van der Waals surface area contributed by atoms with Gasteiger partial charge >= 0.3 is 0 Å². The number of amides is 1. The minimum Gasteiger partial charge on any atom is -0.389 e. The van der Waals surface area contributed by atoms with Crippen molar-refractivity contribution in [1.29, 1.82) is 0 Å². The zero-order valence-electron chi connectivity index (χ0n) is 41.1. The first-order valence-corrected chi connectivity index (χ1v) is 25.1. The maximum absolute atomic E-state index is 15.5. The highest BCUT2D eigenvalue weighted by Gasteiger charge is 2.32. The lowest BCUT2D eigenvalue weighted by Crippen LogP contribution is -2.52. The molecule has 0 aliphatic carbocycles. The van der Waals surface area contributed by atoms with Crippen LogP contribution in [-0.2, 0) is 24.6 Å². The van der Waals surface area contributed by atoms with Crippen LogP contribution in [0.3, 0.4) is 0 Å². The third-order valence-electron chi connectivity index (χ3n) is 13.1. The smallest absolute Gasteiger partial charge is 0.224 e. The number of nitrogens with zero attached hydrogens (tertiary/aromatic N) is 10. The maximum Gasteiger partial charge on any atom is 0.224 e. The molecule has 3 atom stereocenters. The second-order valence-corrected chi connectivity index (χ2v) is 19.6. The van der Waals surface area contributed by atoms with Crippen molar-refractivity contribution in [3.05, 3.63) is 77.5 Å². The van der Waals surface area contributed by atoms with Crippen LogP contribution in [0.1, 0.15) is 65.2 Å². The number of hydrogen-bond donors (Lipinski definition) is 4. The number of imidazole rings is 1. The Hall–Kier alpha value is -5.35. The van der Waals surface area contributed by atoms with E-state index in [4.69, 9.17) is 25.8 Å². The van der Waals surface area contributed by atoms with Gasteiger partial charge in [0.2, 0.25) is 11.9 Å². The second-order valence-electron chi connectivity index (χ2n) is 19.2. The molecule has 5 aromatic rings. The summed E-state index contributed by atoms with van der Waals surface area (Å²) in [6, 6.07) is 11.5. The number of likely N-dealkylation sites (tertiary alicyclic amines) is 1. The van der Waals surface area contributed by atoms with Crippen molar-refractivity contribution in [2.45, 2.75) is 83.2 Å². The van der Waals surface area contributed by atoms with E-state index in [2.05, 4.69) is 50.3 Å². The molecule has 2 aromatic carbocycles. The molecule has 0 radical (unpaired) electrons. The molecule has 4 N–H and O–H groups in total. The van der Waals surface area contributed by atoms with Crippen LogP contribution >= 0.6 is 11.6 Å². The molecule has 1 amide bonds. The summed E-state index contributed by atoms with van der Waals surface area (Å²) in [5, 5.41) is 28.8. The van der Waals surface area contributed by atoms with Crippen molar-refractivity contribution >= 4 is 51.8 Å². The lowest BCUT2D eigenvalue weighted by atomic mass is 10.0. The van der Waals surface area contributed by atoms with Crippen LogP contribution < -0.4 is 20.4 Å². The van der Waals surface area contributed by atoms with E-state index >= 15 is 4.39 Å². The fourth-order valence-corrected chi connectivity index (χ4v) is 9.64. The van der Waals surface area contributed by atoms with Crippen molar-refractivity contribution < 1.29 is 38.0 Å². The van der Waals surface area contributed by atoms with Gasteiger partial charge in [-0.25, -0.2) is 33.7 Å². The summed E-state index contributed by atoms with van der Waals surface area (Å²) in [6.07, 6.45) is 4.81. The Kier molecular flexibility index (Phi) is 17.5. The second kappa shape index (κ2) is 23.9. The summed E-state index contributed by atoms with van der Waals surface area (Å²) in [4.78, 5) is 43.9. The fourth-order valence-electron chi connectivity index (χ4n) is 9.44. The number of β-amino-alcohol motifs (C(OH)–C–C–N with tert-alkyl or cyclic N) is 1. The Morgan fingerprint density at radius 2 is 1.63 bits per heavy atom. The molecule has 3 aliphatic rings. The first-order chi connectivity index (χ1) is 34.2. The van der Waals surface area contributed by atoms with E-state index in [0.29, 0.717) is 68.6 Å². The largest absolute Gasteiger partial charge is 0.389 e. The number of aromatic nitrogens is 6. The molecule has 0 spiro atoms. The van der Waals surface area contributed by atoms with Crippen LogP contribution in [0.2, 0.25) is 5.02 Å². The quantitative estimate of drug-likeness (QED) is 0.0651. The molecule has 8 rings (SSSR count). The summed E-state index contributed by atoms with van der Waals surface area (Å²) in [7, 11) is 0. The summed E-state index contributed by atoms with van der Waals surface area (Å²) in [5.74, 6) is 1.34. The van der Waals surface area contributed by atoms with Gasteiger partial charge < -0.3 is 54.3 Å². The van der Waals surface area contributed by atoms with E-state index in [1.807, 2.05) is 26.0 Å². The zero-order valence-corrected chi connectivity index (χ0v) is 41.8. The van der Waals surface area contributed by atoms with Crippen LogP contribution in [0.4, 0.5) is 32.1 Å². The topological polar surface area (TPSA) is 192 Å². The molecule has 3 aliphatic heterocycles. The molecule has 3 saturated heterocycles. The van der Waals surface area contributed by atoms with Crippen molar-refractivity contribution in [3.63, 3.8) is 0 Å². The number of hydrogen-bond acceptors (Lipinski definition) is 16. The van der Waals surface area contributed by atoms with Crippen molar-refractivity contribution in [2.24, 2.45) is 0 Å². The van der Waals surface area contributed by atoms with Crippen LogP contribution in [0, 0.1) is 11.6 Å². The number of ether oxygens (including phenoxy) is 3. The standard InChI is InChI=1S/C50H67ClF2N12O6/c1-33(2)65-41-26-34(25-39(53)47(41)59-48(65)50(3,4)68)46-38(51)29-54-49(60-46)58-40-10-13-64(31-42(40)66)45(67)11-19-69-21-23-71-24-22-70-20-18-61-14-16-62(17-15-61)44-28-43(55-32-56-44)57-36-8-6-12-63(30-36)37-9-5-7-35(52)27-37/h5,7,9,25-29,32-33,36,40,42,66,68H,6,8,10-24,30-31H2,1-4H3,(H,54,58,60)(H,55,56,57)/t36-,40-,42-/m1/s1. The number of nitrogens with one attached hydrogen (secondary N) is 2. The number of benzene rings is 2. The van der Waals surface area contributed by atoms with Gasteiger partial charge in [0, 0.05) is 88.3 Å². The normalized spacial score (nSPS) is 19.2. The number of fused-ring (bicyclic) bond motifs is 1. The first kappa shape index (κ1) is 52.0. The predicted octanol–water partition coefficient (Wildman–Crippen LogP) is 5.74. The molecule has 18 nitrogen and oxygen atoms in total. The number of aliphatic hydroxyl groups is 2. The summed E-state index contributed by atoms with van der Waals surface area (Å²) in [6.45, 7) is 16.2. The average molecular weight is 1010 g/mol. The number of carbonyl (C=O) groups is 1. The minimum atomic E-state index is -1.30. The Balaban J connectivity index is 0.669. The predicted molar refractivity (Wildman–Crippen MR) is 269 cm³/mol. The number of piperazine rings is 1. The third-order valence-corrected chi connectivity index (χ3v) is 13.4. The number of rotatable bonds is 21. The van der Waals surface area contributed by atoms with E-state index < -0.39 is 23.6 Å². The Morgan fingerprint density at radius 1 is 0.873 bits per heavy atom. The van der Waals surface area contributed by atoms with Gasteiger partial charge in [-0.05, 0) is 77.3 Å². The maximum atomic E-state index is 15.5. The molecule has 0 saturated carbocycles. The molecular formula is C50H67ClF2N12O6. The molecule has 384 valence electrons.